The third-order valence-electron chi connectivity index (χ3n) is 1.86. The van der Waals surface area contributed by atoms with E-state index in [1.165, 1.54) is 0 Å². The molecule has 1 aliphatic rings. The lowest BCUT2D eigenvalue weighted by Crippen LogP contribution is -2.15. The Kier molecular flexibility index (Phi) is 1.89. The van der Waals surface area contributed by atoms with Crippen LogP contribution in [0, 0.1) is 6.92 Å². The van der Waals surface area contributed by atoms with Crippen molar-refractivity contribution < 1.29 is 9.47 Å². The fraction of sp³-hybridized carbons (Fsp3) is 0.333. The van der Waals surface area contributed by atoms with Crippen LogP contribution in [0.4, 0.5) is 0 Å². The van der Waals surface area contributed by atoms with Crippen LogP contribution in [-0.4, -0.2) is 13.2 Å². The molecule has 0 aromatic heterocycles. The molecule has 0 N–H and O–H groups in total. The molecule has 2 rings (SSSR count). The molecular formula is C9H10O2S. The highest BCUT2D eigenvalue weighted by Gasteiger charge is 2.12. The smallest absolute Gasteiger partial charge is 0.162 e. The molecule has 0 amide bonds. The number of hydrogen-bond donors (Lipinski definition) is 1. The number of hydrogen-bond acceptors (Lipinski definition) is 3. The number of ether oxygens (including phenoxy) is 2. The summed E-state index contributed by atoms with van der Waals surface area (Å²) in [6.45, 7) is 3.27. The van der Waals surface area contributed by atoms with Gasteiger partial charge in [0, 0.05) is 4.90 Å². The van der Waals surface area contributed by atoms with E-state index < -0.39 is 0 Å². The van der Waals surface area contributed by atoms with Gasteiger partial charge in [0.15, 0.2) is 11.5 Å². The fourth-order valence-corrected chi connectivity index (χ4v) is 1.36. The average molecular weight is 182 g/mol. The number of thiol groups is 1. The van der Waals surface area contributed by atoms with Crippen molar-refractivity contribution in [3.8, 4) is 11.5 Å². The Morgan fingerprint density at radius 3 is 2.42 bits per heavy atom. The molecule has 1 heterocycles. The van der Waals surface area contributed by atoms with E-state index in [0.717, 1.165) is 22.0 Å². The van der Waals surface area contributed by atoms with Crippen molar-refractivity contribution in [3.63, 3.8) is 0 Å². The van der Waals surface area contributed by atoms with Crippen molar-refractivity contribution in [3.05, 3.63) is 17.7 Å². The summed E-state index contributed by atoms with van der Waals surface area (Å²) >= 11 is 4.30. The SMILES string of the molecule is Cc1cc2c(cc1S)OCCO2. The van der Waals surface area contributed by atoms with Crippen LogP contribution < -0.4 is 9.47 Å². The summed E-state index contributed by atoms with van der Waals surface area (Å²) in [6, 6.07) is 3.85. The predicted octanol–water partition coefficient (Wildman–Crippen LogP) is 2.05. The Morgan fingerprint density at radius 1 is 1.17 bits per heavy atom. The predicted molar refractivity (Wildman–Crippen MR) is 49.4 cm³/mol. The lowest BCUT2D eigenvalue weighted by molar-refractivity contribution is 0.171. The second kappa shape index (κ2) is 2.90. The molecule has 64 valence electrons. The Labute approximate surface area is 76.9 Å². The Hall–Kier alpha value is -0.830. The summed E-state index contributed by atoms with van der Waals surface area (Å²) in [4.78, 5) is 0.944. The molecular weight excluding hydrogens is 172 g/mol. The first-order valence-corrected chi connectivity index (χ1v) is 4.31. The zero-order valence-electron chi connectivity index (χ0n) is 6.83. The molecule has 2 nitrogen and oxygen atoms in total. The van der Waals surface area contributed by atoms with E-state index in [0.29, 0.717) is 13.2 Å². The van der Waals surface area contributed by atoms with Gasteiger partial charge in [0.2, 0.25) is 0 Å². The van der Waals surface area contributed by atoms with Crippen molar-refractivity contribution in [2.24, 2.45) is 0 Å². The molecule has 0 bridgehead atoms. The van der Waals surface area contributed by atoms with Crippen molar-refractivity contribution in [1.82, 2.24) is 0 Å². The standard InChI is InChI=1S/C9H10O2S/c1-6-4-7-8(5-9(6)12)11-3-2-10-7/h4-5,12H,2-3H2,1H3. The van der Waals surface area contributed by atoms with Gasteiger partial charge in [-0.2, -0.15) is 0 Å². The Balaban J connectivity index is 2.49. The summed E-state index contributed by atoms with van der Waals surface area (Å²) in [5.74, 6) is 1.63. The minimum atomic E-state index is 0.628. The van der Waals surface area contributed by atoms with E-state index in [4.69, 9.17) is 9.47 Å². The highest BCUT2D eigenvalue weighted by molar-refractivity contribution is 7.80. The molecule has 12 heavy (non-hydrogen) atoms. The average Bonchev–Trinajstić information content (AvgIpc) is 2.07. The lowest BCUT2D eigenvalue weighted by atomic mass is 10.2. The van der Waals surface area contributed by atoms with Crippen LogP contribution in [0.5, 0.6) is 11.5 Å². The molecule has 1 aromatic carbocycles. The summed E-state index contributed by atoms with van der Waals surface area (Å²) in [7, 11) is 0. The lowest BCUT2D eigenvalue weighted by Gasteiger charge is -2.19. The second-order valence-corrected chi connectivity index (χ2v) is 3.26. The first-order chi connectivity index (χ1) is 5.77. The summed E-state index contributed by atoms with van der Waals surface area (Å²) in [6.07, 6.45) is 0. The van der Waals surface area contributed by atoms with Gasteiger partial charge in [0.05, 0.1) is 0 Å². The van der Waals surface area contributed by atoms with Crippen molar-refractivity contribution in [2.45, 2.75) is 11.8 Å². The molecule has 0 unspecified atom stereocenters. The van der Waals surface area contributed by atoms with Crippen molar-refractivity contribution in [2.75, 3.05) is 13.2 Å². The molecule has 1 aromatic rings. The van der Waals surface area contributed by atoms with Gasteiger partial charge in [-0.3, -0.25) is 0 Å². The maximum absolute atomic E-state index is 5.40. The van der Waals surface area contributed by atoms with Crippen LogP contribution >= 0.6 is 12.6 Å². The highest BCUT2D eigenvalue weighted by Crippen LogP contribution is 2.33. The van der Waals surface area contributed by atoms with Gasteiger partial charge in [-0.25, -0.2) is 0 Å². The van der Waals surface area contributed by atoms with E-state index in [1.54, 1.807) is 0 Å². The Morgan fingerprint density at radius 2 is 1.75 bits per heavy atom. The highest BCUT2D eigenvalue weighted by atomic mass is 32.1. The van der Waals surface area contributed by atoms with Crippen LogP contribution in [0.25, 0.3) is 0 Å². The Bertz CT molecular complexity index is 279. The van der Waals surface area contributed by atoms with Crippen LogP contribution in [0.3, 0.4) is 0 Å². The van der Waals surface area contributed by atoms with Gasteiger partial charge in [0.25, 0.3) is 0 Å². The van der Waals surface area contributed by atoms with E-state index in [1.807, 2.05) is 19.1 Å². The third kappa shape index (κ3) is 1.25. The van der Waals surface area contributed by atoms with Gasteiger partial charge in [-0.15, -0.1) is 12.6 Å². The fourth-order valence-electron chi connectivity index (χ4n) is 1.18. The molecule has 0 spiro atoms. The van der Waals surface area contributed by atoms with Gasteiger partial charge < -0.3 is 9.47 Å². The molecule has 1 aliphatic heterocycles. The summed E-state index contributed by atoms with van der Waals surface area (Å²) < 4.78 is 10.8. The normalized spacial score (nSPS) is 14.5. The van der Waals surface area contributed by atoms with Gasteiger partial charge in [-0.1, -0.05) is 0 Å². The number of fused-ring (bicyclic) bond motifs is 1. The third-order valence-corrected chi connectivity index (χ3v) is 2.34. The molecule has 0 radical (unpaired) electrons. The first kappa shape index (κ1) is 7.80. The monoisotopic (exact) mass is 182 g/mol. The minimum Gasteiger partial charge on any atom is -0.486 e. The molecule has 0 saturated carbocycles. The molecule has 0 fully saturated rings. The van der Waals surface area contributed by atoms with E-state index in [2.05, 4.69) is 12.6 Å². The van der Waals surface area contributed by atoms with Gasteiger partial charge in [-0.05, 0) is 24.6 Å². The molecule has 3 heteroatoms. The van der Waals surface area contributed by atoms with Crippen LogP contribution in [0.2, 0.25) is 0 Å². The van der Waals surface area contributed by atoms with Gasteiger partial charge in [0.1, 0.15) is 13.2 Å². The zero-order valence-corrected chi connectivity index (χ0v) is 7.73. The maximum Gasteiger partial charge on any atom is 0.162 e. The van der Waals surface area contributed by atoms with Crippen LogP contribution in [0.15, 0.2) is 17.0 Å². The topological polar surface area (TPSA) is 18.5 Å². The summed E-state index contributed by atoms with van der Waals surface area (Å²) in [5, 5.41) is 0. The molecule has 0 saturated heterocycles. The largest absolute Gasteiger partial charge is 0.486 e. The summed E-state index contributed by atoms with van der Waals surface area (Å²) in [5.41, 5.74) is 1.11. The van der Waals surface area contributed by atoms with E-state index >= 15 is 0 Å². The van der Waals surface area contributed by atoms with Crippen LogP contribution in [0.1, 0.15) is 5.56 Å². The second-order valence-electron chi connectivity index (χ2n) is 2.78. The van der Waals surface area contributed by atoms with E-state index in [9.17, 15) is 0 Å². The van der Waals surface area contributed by atoms with Crippen LogP contribution in [-0.2, 0) is 0 Å². The number of benzene rings is 1. The first-order valence-electron chi connectivity index (χ1n) is 3.86. The van der Waals surface area contributed by atoms with Crippen molar-refractivity contribution in [1.29, 1.82) is 0 Å². The van der Waals surface area contributed by atoms with E-state index in [-0.39, 0.29) is 0 Å². The number of rotatable bonds is 0. The molecule has 0 aliphatic carbocycles. The van der Waals surface area contributed by atoms with Crippen molar-refractivity contribution >= 4 is 12.6 Å². The maximum atomic E-state index is 5.40. The quantitative estimate of drug-likeness (QED) is 0.619. The molecule has 0 atom stereocenters. The zero-order chi connectivity index (χ0) is 8.55. The minimum absolute atomic E-state index is 0.628. The number of aryl methyl sites for hydroxylation is 1. The van der Waals surface area contributed by atoms with Gasteiger partial charge >= 0.3 is 0 Å².